The zero-order valence-electron chi connectivity index (χ0n) is 11.2. The van der Waals surface area contributed by atoms with Crippen LogP contribution in [0.3, 0.4) is 0 Å². The summed E-state index contributed by atoms with van der Waals surface area (Å²) in [5.41, 5.74) is 6.85. The van der Waals surface area contributed by atoms with Crippen LogP contribution in [0.1, 0.15) is 51.0 Å². The summed E-state index contributed by atoms with van der Waals surface area (Å²) in [5, 5.41) is 0. The van der Waals surface area contributed by atoms with Gasteiger partial charge in [-0.15, -0.1) is 0 Å². The van der Waals surface area contributed by atoms with Gasteiger partial charge < -0.3 is 0 Å². The highest BCUT2D eigenvalue weighted by molar-refractivity contribution is 5.75. The Hall–Kier alpha value is -1.35. The molecule has 0 unspecified atom stereocenters. The number of nitrogens with one attached hydrogen (secondary N) is 2. The van der Waals surface area contributed by atoms with E-state index in [1.54, 1.807) is 0 Å². The second-order valence-corrected chi connectivity index (χ2v) is 4.55. The smallest absolute Gasteiger partial charge is 0.234 e. The molecule has 0 saturated heterocycles. The minimum Gasteiger partial charge on any atom is -0.291 e. The van der Waals surface area contributed by atoms with Crippen LogP contribution in [0, 0.1) is 0 Å². The summed E-state index contributed by atoms with van der Waals surface area (Å²) in [4.78, 5) is 11.5. The predicted molar refractivity (Wildman–Crippen MR) is 74.8 cm³/mol. The molecule has 0 radical (unpaired) electrons. The van der Waals surface area contributed by atoms with E-state index >= 15 is 0 Å². The van der Waals surface area contributed by atoms with E-state index in [1.807, 2.05) is 30.3 Å². The van der Waals surface area contributed by atoms with Crippen molar-refractivity contribution < 1.29 is 4.79 Å². The first-order valence-corrected chi connectivity index (χ1v) is 6.88. The van der Waals surface area contributed by atoms with E-state index in [4.69, 9.17) is 0 Å². The highest BCUT2D eigenvalue weighted by Crippen LogP contribution is 2.04. The number of amides is 1. The lowest BCUT2D eigenvalue weighted by Crippen LogP contribution is -2.36. The summed E-state index contributed by atoms with van der Waals surface area (Å²) in [6.07, 6.45) is 6.50. The van der Waals surface area contributed by atoms with Crippen LogP contribution in [0.5, 0.6) is 0 Å². The Morgan fingerprint density at radius 3 is 2.50 bits per heavy atom. The molecule has 0 bridgehead atoms. The molecule has 0 fully saturated rings. The molecule has 0 spiro atoms. The van der Waals surface area contributed by atoms with Crippen molar-refractivity contribution >= 4 is 5.91 Å². The van der Waals surface area contributed by atoms with Gasteiger partial charge in [-0.1, -0.05) is 62.9 Å². The van der Waals surface area contributed by atoms with Gasteiger partial charge in [-0.2, -0.15) is 0 Å². The van der Waals surface area contributed by atoms with Crippen molar-refractivity contribution in [2.24, 2.45) is 0 Å². The second-order valence-electron chi connectivity index (χ2n) is 4.55. The van der Waals surface area contributed by atoms with Crippen LogP contribution in [0.25, 0.3) is 0 Å². The van der Waals surface area contributed by atoms with E-state index in [0.717, 1.165) is 12.8 Å². The van der Waals surface area contributed by atoms with Gasteiger partial charge in [0.15, 0.2) is 0 Å². The Kier molecular flexibility index (Phi) is 7.89. The third kappa shape index (κ3) is 7.07. The molecule has 18 heavy (non-hydrogen) atoms. The van der Waals surface area contributed by atoms with Crippen molar-refractivity contribution in [2.75, 3.05) is 0 Å². The van der Waals surface area contributed by atoms with Crippen LogP contribution < -0.4 is 10.9 Å². The lowest BCUT2D eigenvalue weighted by Gasteiger charge is -2.07. The van der Waals surface area contributed by atoms with Crippen LogP contribution in [-0.2, 0) is 11.3 Å². The fourth-order valence-electron chi connectivity index (χ4n) is 1.79. The monoisotopic (exact) mass is 248 g/mol. The molecule has 0 aliphatic carbocycles. The number of carbonyl (C=O) groups is 1. The molecule has 0 aromatic heterocycles. The van der Waals surface area contributed by atoms with Crippen LogP contribution in [0.2, 0.25) is 0 Å². The maximum atomic E-state index is 11.5. The fraction of sp³-hybridized carbons (Fsp3) is 0.533. The average molecular weight is 248 g/mol. The topological polar surface area (TPSA) is 41.1 Å². The SMILES string of the molecule is CCCCCCCC(=O)NNCc1ccccc1. The Morgan fingerprint density at radius 1 is 1.06 bits per heavy atom. The molecule has 0 aliphatic rings. The highest BCUT2D eigenvalue weighted by Gasteiger charge is 1.99. The van der Waals surface area contributed by atoms with Gasteiger partial charge in [0.1, 0.15) is 0 Å². The normalized spacial score (nSPS) is 10.3. The van der Waals surface area contributed by atoms with Gasteiger partial charge in [-0.25, -0.2) is 5.43 Å². The van der Waals surface area contributed by atoms with Crippen LogP contribution in [0.4, 0.5) is 0 Å². The van der Waals surface area contributed by atoms with Gasteiger partial charge in [0, 0.05) is 13.0 Å². The molecule has 2 N–H and O–H groups in total. The minimum absolute atomic E-state index is 0.0856. The van der Waals surface area contributed by atoms with Gasteiger partial charge in [0.05, 0.1) is 0 Å². The van der Waals surface area contributed by atoms with Crippen LogP contribution in [0.15, 0.2) is 30.3 Å². The molecule has 100 valence electrons. The second kappa shape index (κ2) is 9.66. The Bertz CT molecular complexity index is 325. The van der Waals surface area contributed by atoms with E-state index in [0.29, 0.717) is 13.0 Å². The number of unbranched alkanes of at least 4 members (excludes halogenated alkanes) is 4. The molecule has 1 aromatic carbocycles. The van der Waals surface area contributed by atoms with Crippen molar-refractivity contribution in [1.82, 2.24) is 10.9 Å². The molecule has 1 rings (SSSR count). The summed E-state index contributed by atoms with van der Waals surface area (Å²) in [5.74, 6) is 0.0856. The number of hydrazine groups is 1. The lowest BCUT2D eigenvalue weighted by molar-refractivity contribution is -0.122. The Morgan fingerprint density at radius 2 is 1.78 bits per heavy atom. The van der Waals surface area contributed by atoms with E-state index < -0.39 is 0 Å². The van der Waals surface area contributed by atoms with Crippen LogP contribution in [-0.4, -0.2) is 5.91 Å². The molecular formula is C15H24N2O. The average Bonchev–Trinajstić information content (AvgIpc) is 2.40. The molecule has 0 atom stereocenters. The third-order valence-corrected chi connectivity index (χ3v) is 2.87. The molecule has 0 saturated carbocycles. The molecule has 3 heteroatoms. The van der Waals surface area contributed by atoms with Gasteiger partial charge in [-0.3, -0.25) is 10.2 Å². The minimum atomic E-state index is 0.0856. The molecule has 1 amide bonds. The summed E-state index contributed by atoms with van der Waals surface area (Å²) in [6.45, 7) is 2.86. The van der Waals surface area contributed by atoms with Gasteiger partial charge >= 0.3 is 0 Å². The zero-order chi connectivity index (χ0) is 13.1. The molecule has 0 aliphatic heterocycles. The zero-order valence-corrected chi connectivity index (χ0v) is 11.2. The van der Waals surface area contributed by atoms with Crippen molar-refractivity contribution in [3.8, 4) is 0 Å². The number of hydrogen-bond acceptors (Lipinski definition) is 2. The van der Waals surface area contributed by atoms with Crippen molar-refractivity contribution in [1.29, 1.82) is 0 Å². The lowest BCUT2D eigenvalue weighted by atomic mass is 10.1. The first-order valence-electron chi connectivity index (χ1n) is 6.88. The van der Waals surface area contributed by atoms with E-state index in [-0.39, 0.29) is 5.91 Å². The van der Waals surface area contributed by atoms with E-state index in [2.05, 4.69) is 17.8 Å². The third-order valence-electron chi connectivity index (χ3n) is 2.87. The largest absolute Gasteiger partial charge is 0.291 e. The molecular weight excluding hydrogens is 224 g/mol. The number of benzene rings is 1. The van der Waals surface area contributed by atoms with E-state index in [1.165, 1.54) is 24.8 Å². The van der Waals surface area contributed by atoms with Gasteiger partial charge in [-0.05, 0) is 12.0 Å². The summed E-state index contributed by atoms with van der Waals surface area (Å²) < 4.78 is 0. The maximum Gasteiger partial charge on any atom is 0.234 e. The first-order chi connectivity index (χ1) is 8.83. The first kappa shape index (κ1) is 14.7. The summed E-state index contributed by atoms with van der Waals surface area (Å²) >= 11 is 0. The fourth-order valence-corrected chi connectivity index (χ4v) is 1.79. The molecule has 3 nitrogen and oxygen atoms in total. The number of hydrogen-bond donors (Lipinski definition) is 2. The Labute approximate surface area is 110 Å². The number of carbonyl (C=O) groups excluding carboxylic acids is 1. The summed E-state index contributed by atoms with van der Waals surface area (Å²) in [7, 11) is 0. The van der Waals surface area contributed by atoms with Crippen molar-refractivity contribution in [3.05, 3.63) is 35.9 Å². The Balaban J connectivity index is 2.00. The predicted octanol–water partition coefficient (Wildman–Crippen LogP) is 3.17. The molecule has 0 heterocycles. The van der Waals surface area contributed by atoms with Gasteiger partial charge in [0.2, 0.25) is 5.91 Å². The summed E-state index contributed by atoms with van der Waals surface area (Å²) in [6, 6.07) is 10.0. The highest BCUT2D eigenvalue weighted by atomic mass is 16.2. The standard InChI is InChI=1S/C15H24N2O/c1-2-3-4-5-9-12-15(18)17-16-13-14-10-7-6-8-11-14/h6-8,10-11,16H,2-5,9,12-13H2,1H3,(H,17,18). The van der Waals surface area contributed by atoms with E-state index in [9.17, 15) is 4.79 Å². The quantitative estimate of drug-likeness (QED) is 0.520. The van der Waals surface area contributed by atoms with Crippen molar-refractivity contribution in [2.45, 2.75) is 52.0 Å². The maximum absolute atomic E-state index is 11.5. The van der Waals surface area contributed by atoms with Gasteiger partial charge in [0.25, 0.3) is 0 Å². The number of rotatable bonds is 9. The van der Waals surface area contributed by atoms with Crippen molar-refractivity contribution in [3.63, 3.8) is 0 Å². The van der Waals surface area contributed by atoms with Crippen LogP contribution >= 0.6 is 0 Å². The molecule has 1 aromatic rings.